The summed E-state index contributed by atoms with van der Waals surface area (Å²) >= 11 is 0. The minimum absolute atomic E-state index is 0.00457. The van der Waals surface area contributed by atoms with Gasteiger partial charge in [0.1, 0.15) is 0 Å². The zero-order valence-electron chi connectivity index (χ0n) is 46.3. The van der Waals surface area contributed by atoms with E-state index in [2.05, 4.69) is 43.5 Å². The van der Waals surface area contributed by atoms with E-state index in [0.29, 0.717) is 19.4 Å². The Morgan fingerprint density at radius 2 is 0.725 bits per heavy atom. The Morgan fingerprint density at radius 3 is 1.13 bits per heavy atom. The van der Waals surface area contributed by atoms with Gasteiger partial charge in [-0.2, -0.15) is 0 Å². The van der Waals surface area contributed by atoms with E-state index >= 15 is 0 Å². The topological polar surface area (TPSA) is 95.9 Å². The number of allylic oxidation sites excluding steroid dienone is 5. The standard InChI is InChI=1S/C63H119NO5/c1-3-5-7-9-11-13-15-17-19-20-22-26-29-33-37-41-45-49-53-57-63(68)69-58-54-50-46-42-38-34-30-27-24-21-23-25-28-32-36-40-44-48-52-56-62(67)64-60(59-65)61(66)55-51-47-43-39-35-31-18-16-14-12-10-8-6-4-2/h11,13,17,19,51,55,60-61,65-66H,3-10,12,14-16,18,20-50,52-54,56-59H2,1-2H3,(H,64,67)/b13-11-,19-17-,55-51+. The molecule has 0 heterocycles. The third-order valence-electron chi connectivity index (χ3n) is 14.2. The molecule has 0 aromatic rings. The van der Waals surface area contributed by atoms with E-state index in [1.807, 2.05) is 6.08 Å². The van der Waals surface area contributed by atoms with Gasteiger partial charge in [-0.25, -0.2) is 0 Å². The summed E-state index contributed by atoms with van der Waals surface area (Å²) < 4.78 is 5.49. The molecule has 406 valence electrons. The first kappa shape index (κ1) is 67.1. The van der Waals surface area contributed by atoms with Crippen LogP contribution in [-0.2, 0) is 14.3 Å². The average Bonchev–Trinajstić information content (AvgIpc) is 3.35. The predicted molar refractivity (Wildman–Crippen MR) is 301 cm³/mol. The molecule has 0 fully saturated rings. The highest BCUT2D eigenvalue weighted by Gasteiger charge is 2.18. The minimum Gasteiger partial charge on any atom is -0.466 e. The fourth-order valence-corrected chi connectivity index (χ4v) is 9.43. The molecule has 0 aliphatic heterocycles. The molecule has 0 bridgehead atoms. The highest BCUT2D eigenvalue weighted by molar-refractivity contribution is 5.76. The molecule has 6 heteroatoms. The first-order chi connectivity index (χ1) is 34.0. The molecule has 0 saturated heterocycles. The van der Waals surface area contributed by atoms with Gasteiger partial charge < -0.3 is 20.3 Å². The molecule has 3 N–H and O–H groups in total. The Morgan fingerprint density at radius 1 is 0.406 bits per heavy atom. The van der Waals surface area contributed by atoms with Crippen molar-refractivity contribution in [1.82, 2.24) is 5.32 Å². The summed E-state index contributed by atoms with van der Waals surface area (Å²) in [6.45, 7) is 4.88. The van der Waals surface area contributed by atoms with E-state index in [1.165, 1.54) is 250 Å². The van der Waals surface area contributed by atoms with Crippen LogP contribution in [0.3, 0.4) is 0 Å². The summed E-state index contributed by atoms with van der Waals surface area (Å²) in [5.41, 5.74) is 0. The highest BCUT2D eigenvalue weighted by Crippen LogP contribution is 2.17. The number of carbonyl (C=O) groups excluding carboxylic acids is 2. The maximum Gasteiger partial charge on any atom is 0.305 e. The quantitative estimate of drug-likeness (QED) is 0.0321. The number of ether oxygens (including phenoxy) is 1. The zero-order valence-corrected chi connectivity index (χ0v) is 46.3. The van der Waals surface area contributed by atoms with Crippen molar-refractivity contribution in [3.63, 3.8) is 0 Å². The zero-order chi connectivity index (χ0) is 50.0. The highest BCUT2D eigenvalue weighted by atomic mass is 16.5. The van der Waals surface area contributed by atoms with Crippen molar-refractivity contribution in [2.24, 2.45) is 0 Å². The first-order valence-corrected chi connectivity index (χ1v) is 30.8. The lowest BCUT2D eigenvalue weighted by atomic mass is 10.0. The number of aliphatic hydroxyl groups excluding tert-OH is 2. The van der Waals surface area contributed by atoms with Gasteiger partial charge in [0, 0.05) is 12.8 Å². The van der Waals surface area contributed by atoms with Gasteiger partial charge in [-0.05, 0) is 64.2 Å². The largest absolute Gasteiger partial charge is 0.466 e. The number of unbranched alkanes of at least 4 members (excludes halogenated alkanes) is 42. The number of hydrogen-bond donors (Lipinski definition) is 3. The van der Waals surface area contributed by atoms with Crippen LogP contribution >= 0.6 is 0 Å². The van der Waals surface area contributed by atoms with Crippen molar-refractivity contribution in [1.29, 1.82) is 0 Å². The van der Waals surface area contributed by atoms with Crippen LogP contribution in [0.2, 0.25) is 0 Å². The molecule has 69 heavy (non-hydrogen) atoms. The van der Waals surface area contributed by atoms with E-state index in [0.717, 1.165) is 51.4 Å². The second-order valence-corrected chi connectivity index (χ2v) is 21.0. The number of amides is 1. The van der Waals surface area contributed by atoms with Crippen molar-refractivity contribution in [3.05, 3.63) is 36.5 Å². The van der Waals surface area contributed by atoms with Crippen molar-refractivity contribution in [3.8, 4) is 0 Å². The van der Waals surface area contributed by atoms with E-state index in [4.69, 9.17) is 4.74 Å². The van der Waals surface area contributed by atoms with Crippen molar-refractivity contribution < 1.29 is 24.5 Å². The maximum absolute atomic E-state index is 12.5. The van der Waals surface area contributed by atoms with Crippen LogP contribution in [0.5, 0.6) is 0 Å². The molecule has 0 aliphatic carbocycles. The summed E-state index contributed by atoms with van der Waals surface area (Å²) in [4.78, 5) is 24.6. The molecule has 0 rings (SSSR count). The van der Waals surface area contributed by atoms with Gasteiger partial charge in [0.05, 0.1) is 25.4 Å². The van der Waals surface area contributed by atoms with Gasteiger partial charge in [0.25, 0.3) is 0 Å². The van der Waals surface area contributed by atoms with Gasteiger partial charge in [-0.1, -0.05) is 288 Å². The number of nitrogens with one attached hydrogen (secondary N) is 1. The fraction of sp³-hybridized carbons (Fsp3) is 0.873. The smallest absolute Gasteiger partial charge is 0.305 e. The summed E-state index contributed by atoms with van der Waals surface area (Å²) in [6.07, 6.45) is 73.2. The number of esters is 1. The third-order valence-corrected chi connectivity index (χ3v) is 14.2. The Hall–Kier alpha value is -1.92. The number of rotatable bonds is 57. The Kier molecular flexibility index (Phi) is 57.0. The van der Waals surface area contributed by atoms with Gasteiger partial charge in [-0.3, -0.25) is 9.59 Å². The van der Waals surface area contributed by atoms with Crippen LogP contribution in [0.1, 0.15) is 328 Å². The second-order valence-electron chi connectivity index (χ2n) is 21.0. The molecule has 0 aromatic heterocycles. The fourth-order valence-electron chi connectivity index (χ4n) is 9.43. The number of carbonyl (C=O) groups is 2. The Labute approximate surface area is 430 Å². The minimum atomic E-state index is -0.846. The molecule has 0 aromatic carbocycles. The van der Waals surface area contributed by atoms with Crippen LogP contribution < -0.4 is 5.32 Å². The van der Waals surface area contributed by atoms with Crippen LogP contribution in [0.4, 0.5) is 0 Å². The Bertz CT molecular complexity index is 1120. The first-order valence-electron chi connectivity index (χ1n) is 30.8. The summed E-state index contributed by atoms with van der Waals surface area (Å²) in [5, 5.41) is 23.1. The Balaban J connectivity index is 3.40. The van der Waals surface area contributed by atoms with Crippen LogP contribution in [0, 0.1) is 0 Å². The molecule has 0 spiro atoms. The van der Waals surface area contributed by atoms with E-state index in [9.17, 15) is 19.8 Å². The lowest BCUT2D eigenvalue weighted by Gasteiger charge is -2.20. The van der Waals surface area contributed by atoms with Crippen molar-refractivity contribution in [2.45, 2.75) is 341 Å². The van der Waals surface area contributed by atoms with Crippen LogP contribution in [-0.4, -0.2) is 47.4 Å². The number of hydrogen-bond acceptors (Lipinski definition) is 5. The molecule has 2 atom stereocenters. The molecule has 6 nitrogen and oxygen atoms in total. The number of aliphatic hydroxyl groups is 2. The molecule has 2 unspecified atom stereocenters. The molecular formula is C63H119NO5. The lowest BCUT2D eigenvalue weighted by molar-refractivity contribution is -0.143. The lowest BCUT2D eigenvalue weighted by Crippen LogP contribution is -2.45. The molecular weight excluding hydrogens is 851 g/mol. The molecule has 0 aliphatic rings. The summed E-state index contributed by atoms with van der Waals surface area (Å²) in [6, 6.07) is -0.630. The monoisotopic (exact) mass is 970 g/mol. The van der Waals surface area contributed by atoms with Crippen molar-refractivity contribution >= 4 is 11.9 Å². The third kappa shape index (κ3) is 55.2. The normalized spacial score (nSPS) is 12.8. The molecule has 1 amide bonds. The van der Waals surface area contributed by atoms with E-state index in [1.54, 1.807) is 6.08 Å². The van der Waals surface area contributed by atoms with Gasteiger partial charge in [-0.15, -0.1) is 0 Å². The molecule has 0 saturated carbocycles. The summed E-state index contributed by atoms with van der Waals surface area (Å²) in [7, 11) is 0. The average molecular weight is 971 g/mol. The molecule has 0 radical (unpaired) electrons. The van der Waals surface area contributed by atoms with E-state index < -0.39 is 12.1 Å². The van der Waals surface area contributed by atoms with Crippen LogP contribution in [0.15, 0.2) is 36.5 Å². The van der Waals surface area contributed by atoms with E-state index in [-0.39, 0.29) is 18.5 Å². The van der Waals surface area contributed by atoms with Gasteiger partial charge in [0.15, 0.2) is 0 Å². The van der Waals surface area contributed by atoms with Gasteiger partial charge in [0.2, 0.25) is 5.91 Å². The van der Waals surface area contributed by atoms with Crippen LogP contribution in [0.25, 0.3) is 0 Å². The SMILES string of the molecule is CCCCC/C=C\C/C=C\CCCCCCCCCCCC(=O)OCCCCCCCCCCCCCCCCCCCCCC(=O)NC(CO)C(O)/C=C/CCCCCCCCCCCCCC. The predicted octanol–water partition coefficient (Wildman–Crippen LogP) is 19.2. The van der Waals surface area contributed by atoms with Gasteiger partial charge >= 0.3 is 5.97 Å². The second kappa shape index (κ2) is 58.6. The van der Waals surface area contributed by atoms with Crippen molar-refractivity contribution in [2.75, 3.05) is 13.2 Å². The maximum atomic E-state index is 12.5. The summed E-state index contributed by atoms with van der Waals surface area (Å²) in [5.74, 6) is -0.0656.